The van der Waals surface area contributed by atoms with Crippen molar-refractivity contribution in [2.45, 2.75) is 33.1 Å². The molecule has 0 heterocycles. The first-order chi connectivity index (χ1) is 5.33. The lowest BCUT2D eigenvalue weighted by molar-refractivity contribution is 0.795. The van der Waals surface area contributed by atoms with E-state index in [1.165, 1.54) is 30.4 Å². The molecule has 0 aromatic heterocycles. The molecule has 0 saturated carbocycles. The van der Waals surface area contributed by atoms with Crippen LogP contribution < -0.4 is 0 Å². The lowest BCUT2D eigenvalue weighted by atomic mass is 10.1. The maximum absolute atomic E-state index is 2.23. The molecule has 0 amide bonds. The number of aryl methyl sites for hydroxylation is 2. The summed E-state index contributed by atoms with van der Waals surface area (Å²) in [4.78, 5) is 0. The zero-order valence-electron chi connectivity index (χ0n) is 7.43. The fourth-order valence-electron chi connectivity index (χ4n) is 1.14. The van der Waals surface area contributed by atoms with Gasteiger partial charge in [-0.05, 0) is 25.3 Å². The van der Waals surface area contributed by atoms with E-state index < -0.39 is 0 Å². The van der Waals surface area contributed by atoms with Crippen molar-refractivity contribution in [1.29, 1.82) is 0 Å². The zero-order chi connectivity index (χ0) is 8.10. The predicted molar refractivity (Wildman–Crippen MR) is 51.9 cm³/mol. The molecule has 62 valence electrons. The van der Waals surface area contributed by atoms with Gasteiger partial charge in [-0.2, -0.15) is 0 Å². The molecule has 0 aliphatic carbocycles. The van der Waals surface area contributed by atoms with Crippen molar-refractivity contribution < 1.29 is 1.43 Å². The summed E-state index contributed by atoms with van der Waals surface area (Å²) < 4.78 is 0. The van der Waals surface area contributed by atoms with Crippen LogP contribution in [0, 0.1) is 6.92 Å². The van der Waals surface area contributed by atoms with Crippen molar-refractivity contribution in [2.75, 3.05) is 0 Å². The largest absolute Gasteiger partial charge is 0.0654 e. The van der Waals surface area contributed by atoms with Crippen LogP contribution in [0.25, 0.3) is 0 Å². The number of unbranched alkanes of at least 4 members (excludes halogenated alkanes) is 1. The van der Waals surface area contributed by atoms with Crippen LogP contribution in [-0.2, 0) is 6.42 Å². The Morgan fingerprint density at radius 2 is 1.82 bits per heavy atom. The molecule has 0 nitrogen and oxygen atoms in total. The summed E-state index contributed by atoms with van der Waals surface area (Å²) in [6.45, 7) is 4.36. The van der Waals surface area contributed by atoms with E-state index >= 15 is 0 Å². The first-order valence-corrected chi connectivity index (χ1v) is 4.38. The summed E-state index contributed by atoms with van der Waals surface area (Å²) in [5.74, 6) is 0. The third kappa shape index (κ3) is 2.75. The summed E-state index contributed by atoms with van der Waals surface area (Å²) in [7, 11) is 0. The average Bonchev–Trinajstić information content (AvgIpc) is 2.04. The van der Waals surface area contributed by atoms with Crippen molar-refractivity contribution in [3.05, 3.63) is 35.4 Å². The smallest absolute Gasteiger partial charge is 0 e. The van der Waals surface area contributed by atoms with Gasteiger partial charge >= 0.3 is 0 Å². The van der Waals surface area contributed by atoms with E-state index in [1.807, 2.05) is 0 Å². The molecular formula is C11H18. The Morgan fingerprint density at radius 3 is 2.36 bits per heavy atom. The average molecular weight is 150 g/mol. The minimum atomic E-state index is 0. The van der Waals surface area contributed by atoms with Gasteiger partial charge in [0.05, 0.1) is 0 Å². The summed E-state index contributed by atoms with van der Waals surface area (Å²) in [5.41, 5.74) is 2.82. The van der Waals surface area contributed by atoms with Gasteiger partial charge in [-0.25, -0.2) is 0 Å². The Hall–Kier alpha value is -0.780. The Labute approximate surface area is 70.7 Å². The lowest BCUT2D eigenvalue weighted by Gasteiger charge is -1.99. The van der Waals surface area contributed by atoms with Gasteiger partial charge < -0.3 is 0 Å². The summed E-state index contributed by atoms with van der Waals surface area (Å²) >= 11 is 0. The van der Waals surface area contributed by atoms with Gasteiger partial charge in [-0.1, -0.05) is 43.2 Å². The van der Waals surface area contributed by atoms with Gasteiger partial charge in [-0.15, -0.1) is 0 Å². The van der Waals surface area contributed by atoms with Gasteiger partial charge in [0.25, 0.3) is 0 Å². The van der Waals surface area contributed by atoms with Crippen LogP contribution in [0.1, 0.15) is 32.3 Å². The summed E-state index contributed by atoms with van der Waals surface area (Å²) in [6.07, 6.45) is 3.83. The van der Waals surface area contributed by atoms with E-state index in [0.717, 1.165) is 0 Å². The van der Waals surface area contributed by atoms with Crippen molar-refractivity contribution >= 4 is 0 Å². The predicted octanol–water partition coefficient (Wildman–Crippen LogP) is 3.58. The van der Waals surface area contributed by atoms with Gasteiger partial charge in [0.15, 0.2) is 0 Å². The third-order valence-electron chi connectivity index (χ3n) is 1.94. The topological polar surface area (TPSA) is 0 Å². The van der Waals surface area contributed by atoms with Gasteiger partial charge in [0, 0.05) is 1.43 Å². The molecule has 0 aliphatic rings. The second-order valence-corrected chi connectivity index (χ2v) is 3.09. The van der Waals surface area contributed by atoms with Crippen molar-refractivity contribution in [3.63, 3.8) is 0 Å². The van der Waals surface area contributed by atoms with Gasteiger partial charge in [0.1, 0.15) is 0 Å². The molecular weight excluding hydrogens is 132 g/mol. The third-order valence-corrected chi connectivity index (χ3v) is 1.94. The highest BCUT2D eigenvalue weighted by atomic mass is 14.0. The Kier molecular flexibility index (Phi) is 3.15. The monoisotopic (exact) mass is 150 g/mol. The summed E-state index contributed by atoms with van der Waals surface area (Å²) in [5, 5.41) is 0. The highest BCUT2D eigenvalue weighted by molar-refractivity contribution is 5.21. The highest BCUT2D eigenvalue weighted by Gasteiger charge is 1.90. The van der Waals surface area contributed by atoms with E-state index in [2.05, 4.69) is 38.1 Å². The van der Waals surface area contributed by atoms with Crippen molar-refractivity contribution in [3.8, 4) is 0 Å². The van der Waals surface area contributed by atoms with Crippen LogP contribution in [0.3, 0.4) is 0 Å². The fraction of sp³-hybridized carbons (Fsp3) is 0.455. The Bertz CT molecular complexity index is 201. The molecule has 1 aromatic rings. The zero-order valence-corrected chi connectivity index (χ0v) is 7.43. The molecule has 0 saturated heterocycles. The number of hydrogen-bond acceptors (Lipinski definition) is 0. The second kappa shape index (κ2) is 4.17. The standard InChI is InChI=1S/C11H16.H2/c1-3-4-5-11-8-6-10(2)7-9-11;/h6-9H,3-5H2,1-2H3;1H. The molecule has 0 spiro atoms. The van der Waals surface area contributed by atoms with Gasteiger partial charge in [0.2, 0.25) is 0 Å². The highest BCUT2D eigenvalue weighted by Crippen LogP contribution is 2.06. The molecule has 0 fully saturated rings. The number of benzene rings is 1. The molecule has 0 unspecified atom stereocenters. The molecule has 1 aromatic carbocycles. The van der Waals surface area contributed by atoms with Crippen LogP contribution >= 0.6 is 0 Å². The van der Waals surface area contributed by atoms with Crippen LogP contribution in [0.2, 0.25) is 0 Å². The van der Waals surface area contributed by atoms with Crippen molar-refractivity contribution in [2.24, 2.45) is 0 Å². The second-order valence-electron chi connectivity index (χ2n) is 3.09. The number of rotatable bonds is 3. The van der Waals surface area contributed by atoms with E-state index in [0.29, 0.717) is 0 Å². The molecule has 1 rings (SSSR count). The maximum atomic E-state index is 2.23. The molecule has 0 radical (unpaired) electrons. The van der Waals surface area contributed by atoms with Crippen LogP contribution in [0.15, 0.2) is 24.3 Å². The van der Waals surface area contributed by atoms with Crippen LogP contribution in [0.4, 0.5) is 0 Å². The lowest BCUT2D eigenvalue weighted by Crippen LogP contribution is -1.83. The maximum Gasteiger partial charge on any atom is 0 e. The SMILES string of the molecule is CCCCc1ccc(C)cc1.[HH]. The van der Waals surface area contributed by atoms with E-state index in [-0.39, 0.29) is 1.43 Å². The number of hydrogen-bond donors (Lipinski definition) is 0. The fourth-order valence-corrected chi connectivity index (χ4v) is 1.14. The van der Waals surface area contributed by atoms with E-state index in [1.54, 1.807) is 0 Å². The Morgan fingerprint density at radius 1 is 1.18 bits per heavy atom. The first kappa shape index (κ1) is 8.32. The Balaban J connectivity index is 0.00000121. The molecule has 0 atom stereocenters. The van der Waals surface area contributed by atoms with E-state index in [4.69, 9.17) is 0 Å². The molecule has 0 N–H and O–H groups in total. The van der Waals surface area contributed by atoms with Crippen molar-refractivity contribution in [1.82, 2.24) is 0 Å². The first-order valence-electron chi connectivity index (χ1n) is 4.38. The summed E-state index contributed by atoms with van der Waals surface area (Å²) in [6, 6.07) is 8.83. The molecule has 0 bridgehead atoms. The van der Waals surface area contributed by atoms with Gasteiger partial charge in [-0.3, -0.25) is 0 Å². The van der Waals surface area contributed by atoms with Crippen LogP contribution in [0.5, 0.6) is 0 Å². The van der Waals surface area contributed by atoms with E-state index in [9.17, 15) is 0 Å². The normalized spacial score (nSPS) is 10.0. The minimum Gasteiger partial charge on any atom is -0.0654 e. The molecule has 0 heteroatoms. The molecule has 11 heavy (non-hydrogen) atoms. The quantitative estimate of drug-likeness (QED) is 0.617. The molecule has 0 aliphatic heterocycles. The minimum absolute atomic E-state index is 0. The van der Waals surface area contributed by atoms with Crippen LogP contribution in [-0.4, -0.2) is 0 Å².